The number of hydrogen-bond donors (Lipinski definition) is 0. The van der Waals surface area contributed by atoms with Crippen LogP contribution in [0, 0.1) is 5.92 Å². The number of hydrogen-bond acceptors (Lipinski definition) is 2. The largest absolute Gasteiger partial charge is 0.481 e. The minimum absolute atomic E-state index is 0.129. The van der Waals surface area contributed by atoms with E-state index < -0.39 is 6.10 Å². The number of likely N-dealkylation sites (tertiary alicyclic amines) is 1. The van der Waals surface area contributed by atoms with Gasteiger partial charge in [-0.1, -0.05) is 13.0 Å². The molecule has 0 aromatic heterocycles. The van der Waals surface area contributed by atoms with E-state index in [2.05, 4.69) is 19.1 Å². The van der Waals surface area contributed by atoms with Crippen molar-refractivity contribution < 1.29 is 9.53 Å². The molecule has 1 amide bonds. The van der Waals surface area contributed by atoms with Gasteiger partial charge in [-0.15, -0.1) is 0 Å². The first kappa shape index (κ1) is 15.4. The zero-order valence-electron chi connectivity index (χ0n) is 13.8. The number of carbonyl (C=O) groups is 1. The highest BCUT2D eigenvalue weighted by Gasteiger charge is 2.26. The summed E-state index contributed by atoms with van der Waals surface area (Å²) in [4.78, 5) is 14.5. The molecule has 1 aromatic rings. The fraction of sp³-hybridized carbons (Fsp3) is 0.632. The Kier molecular flexibility index (Phi) is 4.70. The first-order valence-electron chi connectivity index (χ1n) is 8.71. The third-order valence-electron chi connectivity index (χ3n) is 4.95. The highest BCUT2D eigenvalue weighted by molar-refractivity contribution is 5.81. The molecular weight excluding hydrogens is 274 g/mol. The quantitative estimate of drug-likeness (QED) is 0.854. The van der Waals surface area contributed by atoms with Crippen molar-refractivity contribution in [3.8, 4) is 5.75 Å². The Balaban J connectivity index is 1.63. The molecule has 1 heterocycles. The first-order valence-corrected chi connectivity index (χ1v) is 8.71. The van der Waals surface area contributed by atoms with Gasteiger partial charge < -0.3 is 9.64 Å². The predicted molar refractivity (Wildman–Crippen MR) is 88.2 cm³/mol. The van der Waals surface area contributed by atoms with Crippen LogP contribution in [0.15, 0.2) is 18.2 Å². The van der Waals surface area contributed by atoms with E-state index in [4.69, 9.17) is 4.74 Å². The fourth-order valence-corrected chi connectivity index (χ4v) is 3.68. The maximum Gasteiger partial charge on any atom is 0.263 e. The number of fused-ring (bicyclic) bond motifs is 1. The van der Waals surface area contributed by atoms with E-state index in [0.717, 1.165) is 31.7 Å². The number of piperidine rings is 1. The summed E-state index contributed by atoms with van der Waals surface area (Å²) in [7, 11) is 0. The van der Waals surface area contributed by atoms with Crippen molar-refractivity contribution in [3.63, 3.8) is 0 Å². The molecule has 1 saturated heterocycles. The highest BCUT2D eigenvalue weighted by atomic mass is 16.5. The topological polar surface area (TPSA) is 29.5 Å². The molecule has 22 heavy (non-hydrogen) atoms. The van der Waals surface area contributed by atoms with Crippen molar-refractivity contribution in [2.75, 3.05) is 13.1 Å². The Hall–Kier alpha value is -1.51. The number of rotatable bonds is 3. The Morgan fingerprint density at radius 3 is 2.77 bits per heavy atom. The van der Waals surface area contributed by atoms with Gasteiger partial charge in [0.15, 0.2) is 6.10 Å². The molecule has 0 N–H and O–H groups in total. The lowest BCUT2D eigenvalue weighted by atomic mass is 9.92. The van der Waals surface area contributed by atoms with Gasteiger partial charge in [0.2, 0.25) is 0 Å². The zero-order chi connectivity index (χ0) is 15.5. The second-order valence-electron chi connectivity index (χ2n) is 6.93. The van der Waals surface area contributed by atoms with Crippen LogP contribution in [-0.4, -0.2) is 30.0 Å². The normalized spacial score (nSPS) is 22.8. The van der Waals surface area contributed by atoms with Crippen LogP contribution >= 0.6 is 0 Å². The average molecular weight is 301 g/mol. The van der Waals surface area contributed by atoms with Crippen LogP contribution in [0.25, 0.3) is 0 Å². The Morgan fingerprint density at radius 1 is 1.23 bits per heavy atom. The number of ether oxygens (including phenoxy) is 1. The van der Waals surface area contributed by atoms with Gasteiger partial charge in [0.25, 0.3) is 5.91 Å². The lowest BCUT2D eigenvalue weighted by molar-refractivity contribution is -0.139. The molecule has 3 rings (SSSR count). The standard InChI is InChI=1S/C19H27NO2/c1-14-6-5-11-20(13-14)19(21)15(2)22-18-10-9-16-7-3-4-8-17(16)12-18/h9-10,12,14-15H,3-8,11,13H2,1-2H3/t14-,15-/m0/s1. The molecule has 1 fully saturated rings. The second kappa shape index (κ2) is 6.72. The summed E-state index contributed by atoms with van der Waals surface area (Å²) >= 11 is 0. The van der Waals surface area contributed by atoms with Gasteiger partial charge in [0.05, 0.1) is 0 Å². The van der Waals surface area contributed by atoms with Gasteiger partial charge in [-0.2, -0.15) is 0 Å². The van der Waals surface area contributed by atoms with E-state index in [1.807, 2.05) is 17.9 Å². The van der Waals surface area contributed by atoms with Crippen molar-refractivity contribution >= 4 is 5.91 Å². The lowest BCUT2D eigenvalue weighted by Gasteiger charge is -2.32. The van der Waals surface area contributed by atoms with Crippen molar-refractivity contribution in [3.05, 3.63) is 29.3 Å². The van der Waals surface area contributed by atoms with Gasteiger partial charge in [-0.25, -0.2) is 0 Å². The molecule has 0 bridgehead atoms. The van der Waals surface area contributed by atoms with E-state index in [9.17, 15) is 4.79 Å². The average Bonchev–Trinajstić information content (AvgIpc) is 2.54. The molecule has 0 spiro atoms. The molecule has 2 atom stereocenters. The number of amides is 1. The summed E-state index contributed by atoms with van der Waals surface area (Å²) in [6.45, 7) is 5.84. The van der Waals surface area contributed by atoms with Crippen LogP contribution in [0.2, 0.25) is 0 Å². The van der Waals surface area contributed by atoms with E-state index in [-0.39, 0.29) is 5.91 Å². The zero-order valence-corrected chi connectivity index (χ0v) is 13.8. The van der Waals surface area contributed by atoms with E-state index >= 15 is 0 Å². The molecule has 1 aliphatic heterocycles. The molecule has 0 radical (unpaired) electrons. The van der Waals surface area contributed by atoms with Crippen LogP contribution < -0.4 is 4.74 Å². The molecule has 3 heteroatoms. The SMILES string of the molecule is C[C@H]1CCCN(C(=O)[C@H](C)Oc2ccc3c(c2)CCCC3)C1. The predicted octanol–water partition coefficient (Wildman–Crippen LogP) is 3.59. The summed E-state index contributed by atoms with van der Waals surface area (Å²) < 4.78 is 5.94. The van der Waals surface area contributed by atoms with Crippen LogP contribution in [0.1, 0.15) is 50.7 Å². The number of benzene rings is 1. The van der Waals surface area contributed by atoms with Crippen LogP contribution in [-0.2, 0) is 17.6 Å². The maximum atomic E-state index is 12.5. The lowest BCUT2D eigenvalue weighted by Crippen LogP contribution is -2.45. The highest BCUT2D eigenvalue weighted by Crippen LogP contribution is 2.26. The van der Waals surface area contributed by atoms with E-state index in [0.29, 0.717) is 5.92 Å². The van der Waals surface area contributed by atoms with Crippen LogP contribution in [0.3, 0.4) is 0 Å². The summed E-state index contributed by atoms with van der Waals surface area (Å²) in [5.74, 6) is 1.57. The fourth-order valence-electron chi connectivity index (χ4n) is 3.68. The second-order valence-corrected chi connectivity index (χ2v) is 6.93. The van der Waals surface area contributed by atoms with E-state index in [1.165, 1.54) is 36.8 Å². The van der Waals surface area contributed by atoms with Crippen molar-refractivity contribution in [2.24, 2.45) is 5.92 Å². The molecule has 3 nitrogen and oxygen atoms in total. The maximum absolute atomic E-state index is 12.5. The Morgan fingerprint density at radius 2 is 2.00 bits per heavy atom. The van der Waals surface area contributed by atoms with Gasteiger partial charge in [0, 0.05) is 13.1 Å². The van der Waals surface area contributed by atoms with Crippen molar-refractivity contribution in [1.82, 2.24) is 4.90 Å². The first-order chi connectivity index (χ1) is 10.6. The van der Waals surface area contributed by atoms with Crippen molar-refractivity contribution in [1.29, 1.82) is 0 Å². The smallest absolute Gasteiger partial charge is 0.263 e. The summed E-state index contributed by atoms with van der Waals surface area (Å²) in [6.07, 6.45) is 6.80. The summed E-state index contributed by atoms with van der Waals surface area (Å²) in [5, 5.41) is 0. The van der Waals surface area contributed by atoms with Crippen molar-refractivity contribution in [2.45, 2.75) is 58.5 Å². The number of carbonyl (C=O) groups excluding carboxylic acids is 1. The summed E-state index contributed by atoms with van der Waals surface area (Å²) in [5.41, 5.74) is 2.84. The monoisotopic (exact) mass is 301 g/mol. The summed E-state index contributed by atoms with van der Waals surface area (Å²) in [6, 6.07) is 6.33. The number of aryl methyl sites for hydroxylation is 2. The minimum Gasteiger partial charge on any atom is -0.481 e. The molecule has 1 aromatic carbocycles. The Bertz CT molecular complexity index is 540. The van der Waals surface area contributed by atoms with E-state index in [1.54, 1.807) is 0 Å². The van der Waals surface area contributed by atoms with Gasteiger partial charge >= 0.3 is 0 Å². The molecule has 0 unspecified atom stereocenters. The molecule has 1 aliphatic carbocycles. The van der Waals surface area contributed by atoms with Gasteiger partial charge in [0.1, 0.15) is 5.75 Å². The molecule has 2 aliphatic rings. The third kappa shape index (κ3) is 3.45. The molecule has 120 valence electrons. The third-order valence-corrected chi connectivity index (χ3v) is 4.95. The Labute approximate surface area is 133 Å². The van der Waals surface area contributed by atoms with Crippen LogP contribution in [0.4, 0.5) is 0 Å². The van der Waals surface area contributed by atoms with Crippen LogP contribution in [0.5, 0.6) is 5.75 Å². The minimum atomic E-state index is -0.396. The van der Waals surface area contributed by atoms with Gasteiger partial charge in [-0.3, -0.25) is 4.79 Å². The molecule has 0 saturated carbocycles. The number of nitrogens with zero attached hydrogens (tertiary/aromatic N) is 1. The molecular formula is C19H27NO2. The van der Waals surface area contributed by atoms with Gasteiger partial charge in [-0.05, 0) is 74.6 Å².